The first-order valence-corrected chi connectivity index (χ1v) is 11.0. The molecule has 0 saturated heterocycles. The predicted octanol–water partition coefficient (Wildman–Crippen LogP) is 1.40. The fourth-order valence-corrected chi connectivity index (χ4v) is 3.93. The van der Waals surface area contributed by atoms with Crippen LogP contribution in [0.3, 0.4) is 0 Å². The van der Waals surface area contributed by atoms with Gasteiger partial charge in [0.25, 0.3) is 0 Å². The van der Waals surface area contributed by atoms with Crippen molar-refractivity contribution >= 4 is 47.6 Å². The number of carbonyl (C=O) groups excluding carboxylic acids is 1. The molecule has 0 aromatic heterocycles. The summed E-state index contributed by atoms with van der Waals surface area (Å²) in [6, 6.07) is 10.1. The van der Waals surface area contributed by atoms with E-state index in [1.807, 2.05) is 0 Å². The molecule has 0 unspecified atom stereocenters. The van der Waals surface area contributed by atoms with Gasteiger partial charge in [-0.3, -0.25) is 4.79 Å². The van der Waals surface area contributed by atoms with E-state index in [9.17, 15) is 21.6 Å². The maximum atomic E-state index is 12.3. The third-order valence-electron chi connectivity index (χ3n) is 3.30. The topological polar surface area (TPSA) is 135 Å². The van der Waals surface area contributed by atoms with Gasteiger partial charge in [-0.15, -0.1) is 0 Å². The number of carbonyl (C=O) groups is 1. The molecule has 0 spiro atoms. The van der Waals surface area contributed by atoms with Gasteiger partial charge in [-0.25, -0.2) is 22.0 Å². The second kappa shape index (κ2) is 7.84. The van der Waals surface area contributed by atoms with E-state index in [0.29, 0.717) is 5.69 Å². The Bertz CT molecular complexity index is 1000. The van der Waals surface area contributed by atoms with Crippen molar-refractivity contribution in [3.05, 3.63) is 53.0 Å². The molecule has 26 heavy (non-hydrogen) atoms. The first kappa shape index (κ1) is 20.5. The van der Waals surface area contributed by atoms with Crippen LogP contribution in [-0.2, 0) is 24.8 Å². The Morgan fingerprint density at radius 3 is 1.96 bits per heavy atom. The summed E-state index contributed by atoms with van der Waals surface area (Å²) in [5, 5.41) is 7.49. The highest BCUT2D eigenvalue weighted by Crippen LogP contribution is 2.16. The quantitative estimate of drug-likeness (QED) is 0.597. The van der Waals surface area contributed by atoms with Crippen LogP contribution in [0.4, 0.5) is 5.69 Å². The molecule has 2 aromatic rings. The summed E-state index contributed by atoms with van der Waals surface area (Å²) in [6.07, 6.45) is 0. The predicted molar refractivity (Wildman–Crippen MR) is 100 cm³/mol. The van der Waals surface area contributed by atoms with E-state index >= 15 is 0 Å². The zero-order valence-corrected chi connectivity index (χ0v) is 16.7. The molecule has 0 saturated carbocycles. The molecule has 0 bridgehead atoms. The number of hydrogen-bond acceptors (Lipinski definition) is 5. The van der Waals surface area contributed by atoms with Crippen LogP contribution in [0.15, 0.2) is 62.8 Å². The van der Waals surface area contributed by atoms with Crippen LogP contribution in [-0.4, -0.2) is 28.8 Å². The van der Waals surface area contributed by atoms with Gasteiger partial charge < -0.3 is 5.32 Å². The molecule has 11 heteroatoms. The Balaban J connectivity index is 2.06. The van der Waals surface area contributed by atoms with Gasteiger partial charge in [0.1, 0.15) is 0 Å². The molecule has 0 heterocycles. The maximum absolute atomic E-state index is 12.3. The number of benzene rings is 2. The minimum Gasteiger partial charge on any atom is -0.325 e. The highest BCUT2D eigenvalue weighted by Gasteiger charge is 2.22. The number of amides is 1. The van der Waals surface area contributed by atoms with Gasteiger partial charge >= 0.3 is 0 Å². The molecule has 0 aliphatic rings. The standard InChI is InChI=1S/C15H16BrN3O5S2/c1-10(19-26(23,24)14-6-2-11(16)3-7-14)15(20)18-12-4-8-13(9-5-12)25(17,21)22/h2-10,19H,1H3,(H,18,20)(H2,17,21,22)/t10-/m1/s1. The van der Waals surface area contributed by atoms with Crippen molar-refractivity contribution in [2.24, 2.45) is 5.14 Å². The molecule has 140 valence electrons. The van der Waals surface area contributed by atoms with Gasteiger partial charge in [-0.1, -0.05) is 15.9 Å². The van der Waals surface area contributed by atoms with Crippen LogP contribution < -0.4 is 15.2 Å². The van der Waals surface area contributed by atoms with E-state index < -0.39 is 32.0 Å². The van der Waals surface area contributed by atoms with Crippen molar-refractivity contribution in [3.8, 4) is 0 Å². The lowest BCUT2D eigenvalue weighted by atomic mass is 10.3. The number of sulfonamides is 2. The molecule has 0 aliphatic heterocycles. The number of primary sulfonamides is 1. The van der Waals surface area contributed by atoms with Crippen molar-refractivity contribution in [3.63, 3.8) is 0 Å². The van der Waals surface area contributed by atoms with Crippen molar-refractivity contribution in [1.82, 2.24) is 4.72 Å². The van der Waals surface area contributed by atoms with E-state index in [4.69, 9.17) is 5.14 Å². The molecular formula is C15H16BrN3O5S2. The summed E-state index contributed by atoms with van der Waals surface area (Å²) in [5.74, 6) is -0.603. The van der Waals surface area contributed by atoms with E-state index in [2.05, 4.69) is 26.0 Å². The Labute approximate surface area is 160 Å². The Kier molecular flexibility index (Phi) is 6.19. The lowest BCUT2D eigenvalue weighted by molar-refractivity contribution is -0.117. The summed E-state index contributed by atoms with van der Waals surface area (Å²) in [4.78, 5) is 12.1. The zero-order valence-electron chi connectivity index (χ0n) is 13.5. The summed E-state index contributed by atoms with van der Waals surface area (Å²) in [5.41, 5.74) is 0.303. The summed E-state index contributed by atoms with van der Waals surface area (Å²) < 4.78 is 50.0. The number of anilines is 1. The van der Waals surface area contributed by atoms with Crippen LogP contribution in [0.5, 0.6) is 0 Å². The van der Waals surface area contributed by atoms with Crippen molar-refractivity contribution in [2.45, 2.75) is 22.8 Å². The molecule has 8 nitrogen and oxygen atoms in total. The van der Waals surface area contributed by atoms with Gasteiger partial charge in [-0.2, -0.15) is 4.72 Å². The molecule has 1 atom stereocenters. The molecule has 0 fully saturated rings. The number of halogens is 1. The SMILES string of the molecule is C[C@@H](NS(=O)(=O)c1ccc(Br)cc1)C(=O)Nc1ccc(S(N)(=O)=O)cc1. The van der Waals surface area contributed by atoms with E-state index in [1.54, 1.807) is 12.1 Å². The Hall–Kier alpha value is -1.79. The van der Waals surface area contributed by atoms with Crippen molar-refractivity contribution < 1.29 is 21.6 Å². The van der Waals surface area contributed by atoms with Gasteiger partial charge in [0.05, 0.1) is 15.8 Å². The average Bonchev–Trinajstić information content (AvgIpc) is 2.54. The third kappa shape index (κ3) is 5.35. The highest BCUT2D eigenvalue weighted by atomic mass is 79.9. The minimum absolute atomic E-state index is 0.0258. The molecule has 0 radical (unpaired) electrons. The second-order valence-corrected chi connectivity index (χ2v) is 9.55. The number of nitrogens with two attached hydrogens (primary N) is 1. The minimum atomic E-state index is -3.87. The lowest BCUT2D eigenvalue weighted by Crippen LogP contribution is -2.41. The largest absolute Gasteiger partial charge is 0.325 e. The summed E-state index contributed by atoms with van der Waals surface area (Å²) in [6.45, 7) is 1.39. The van der Waals surface area contributed by atoms with Gasteiger partial charge in [0.15, 0.2) is 0 Å². The van der Waals surface area contributed by atoms with Crippen LogP contribution in [0.25, 0.3) is 0 Å². The van der Waals surface area contributed by atoms with Crippen LogP contribution >= 0.6 is 15.9 Å². The maximum Gasteiger partial charge on any atom is 0.242 e. The molecule has 2 rings (SSSR count). The van der Waals surface area contributed by atoms with Crippen molar-refractivity contribution in [2.75, 3.05) is 5.32 Å². The summed E-state index contributed by atoms with van der Waals surface area (Å²) >= 11 is 3.22. The van der Waals surface area contributed by atoms with Gasteiger partial charge in [0, 0.05) is 10.2 Å². The van der Waals surface area contributed by atoms with Crippen LogP contribution in [0, 0.1) is 0 Å². The van der Waals surface area contributed by atoms with Crippen LogP contribution in [0.1, 0.15) is 6.92 Å². The first-order valence-electron chi connectivity index (χ1n) is 7.21. The zero-order chi connectivity index (χ0) is 19.5. The molecule has 1 amide bonds. The smallest absolute Gasteiger partial charge is 0.242 e. The number of nitrogens with one attached hydrogen (secondary N) is 2. The molecule has 2 aromatic carbocycles. The van der Waals surface area contributed by atoms with Crippen molar-refractivity contribution in [1.29, 1.82) is 0 Å². The highest BCUT2D eigenvalue weighted by molar-refractivity contribution is 9.10. The molecular weight excluding hydrogens is 446 g/mol. The summed E-state index contributed by atoms with van der Waals surface area (Å²) in [7, 11) is -7.70. The monoisotopic (exact) mass is 461 g/mol. The van der Waals surface area contributed by atoms with Crippen LogP contribution in [0.2, 0.25) is 0 Å². The van der Waals surface area contributed by atoms with Gasteiger partial charge in [0.2, 0.25) is 26.0 Å². The first-order chi connectivity index (χ1) is 12.0. The number of rotatable bonds is 6. The third-order valence-corrected chi connectivity index (χ3v) is 6.31. The Morgan fingerprint density at radius 1 is 0.962 bits per heavy atom. The lowest BCUT2D eigenvalue weighted by Gasteiger charge is -2.14. The fraction of sp³-hybridized carbons (Fsp3) is 0.133. The fourth-order valence-electron chi connectivity index (χ4n) is 1.95. The molecule has 0 aliphatic carbocycles. The van der Waals surface area contributed by atoms with E-state index in [1.165, 1.54) is 43.3 Å². The normalized spacial score (nSPS) is 13.2. The molecule has 4 N–H and O–H groups in total. The Morgan fingerprint density at radius 2 is 1.46 bits per heavy atom. The van der Waals surface area contributed by atoms with Gasteiger partial charge in [-0.05, 0) is 55.5 Å². The van der Waals surface area contributed by atoms with E-state index in [-0.39, 0.29) is 9.79 Å². The second-order valence-electron chi connectivity index (χ2n) is 5.36. The average molecular weight is 462 g/mol. The number of hydrogen-bond donors (Lipinski definition) is 3. The van der Waals surface area contributed by atoms with E-state index in [0.717, 1.165) is 4.47 Å².